The highest BCUT2D eigenvalue weighted by atomic mass is 79.9. The van der Waals surface area contributed by atoms with E-state index in [4.69, 9.17) is 5.73 Å². The summed E-state index contributed by atoms with van der Waals surface area (Å²) in [7, 11) is 0. The van der Waals surface area contributed by atoms with Crippen molar-refractivity contribution in [3.63, 3.8) is 0 Å². The number of hydrogen-bond donors (Lipinski definition) is 1. The zero-order chi connectivity index (χ0) is 13.0. The summed E-state index contributed by atoms with van der Waals surface area (Å²) in [6.45, 7) is 0.771. The van der Waals surface area contributed by atoms with Crippen molar-refractivity contribution in [3.8, 4) is 0 Å². The van der Waals surface area contributed by atoms with Crippen LogP contribution in [0.15, 0.2) is 28.7 Å². The maximum absolute atomic E-state index is 12.2. The third-order valence-electron chi connectivity index (χ3n) is 3.93. The summed E-state index contributed by atoms with van der Waals surface area (Å²) in [5.74, 6) is 1.30. The van der Waals surface area contributed by atoms with Crippen LogP contribution in [0.1, 0.15) is 31.2 Å². The smallest absolute Gasteiger partial charge is 0.140 e. The van der Waals surface area contributed by atoms with E-state index in [-0.39, 0.29) is 5.92 Å². The quantitative estimate of drug-likeness (QED) is 0.927. The molecule has 0 radical (unpaired) electrons. The van der Waals surface area contributed by atoms with Gasteiger partial charge in [0, 0.05) is 16.8 Å². The fourth-order valence-electron chi connectivity index (χ4n) is 2.67. The average Bonchev–Trinajstić information content (AvgIpc) is 2.41. The van der Waals surface area contributed by atoms with Crippen LogP contribution in [0, 0.1) is 11.8 Å². The Labute approximate surface area is 117 Å². The van der Waals surface area contributed by atoms with Gasteiger partial charge in [-0.15, -0.1) is 0 Å². The Hall–Kier alpha value is -0.670. The monoisotopic (exact) mass is 309 g/mol. The van der Waals surface area contributed by atoms with Gasteiger partial charge in [-0.25, -0.2) is 0 Å². The standard InChI is InChI=1S/C15H20BrNO/c16-14-7-3-11(4-8-14)9-15(18)13-5-1-12(10-17)2-6-13/h3-4,7-8,12-13H,1-2,5-6,9-10,17H2. The van der Waals surface area contributed by atoms with Gasteiger partial charge in [-0.2, -0.15) is 0 Å². The lowest BCUT2D eigenvalue weighted by molar-refractivity contribution is -0.123. The Morgan fingerprint density at radius 2 is 1.78 bits per heavy atom. The SMILES string of the molecule is NCC1CCC(C(=O)Cc2ccc(Br)cc2)CC1. The number of carbonyl (C=O) groups is 1. The average molecular weight is 310 g/mol. The van der Waals surface area contributed by atoms with Gasteiger partial charge in [0.2, 0.25) is 0 Å². The van der Waals surface area contributed by atoms with Crippen molar-refractivity contribution in [1.82, 2.24) is 0 Å². The van der Waals surface area contributed by atoms with Gasteiger partial charge in [0.25, 0.3) is 0 Å². The van der Waals surface area contributed by atoms with Crippen molar-refractivity contribution < 1.29 is 4.79 Å². The highest BCUT2D eigenvalue weighted by molar-refractivity contribution is 9.10. The molecule has 2 rings (SSSR count). The zero-order valence-electron chi connectivity index (χ0n) is 10.6. The van der Waals surface area contributed by atoms with Crippen molar-refractivity contribution in [1.29, 1.82) is 0 Å². The number of nitrogens with two attached hydrogens (primary N) is 1. The molecule has 1 saturated carbocycles. The lowest BCUT2D eigenvalue weighted by atomic mass is 9.79. The molecule has 1 aromatic rings. The first-order chi connectivity index (χ1) is 8.69. The number of benzene rings is 1. The molecule has 1 aliphatic carbocycles. The maximum Gasteiger partial charge on any atom is 0.140 e. The van der Waals surface area contributed by atoms with Crippen molar-refractivity contribution >= 4 is 21.7 Å². The summed E-state index contributed by atoms with van der Waals surface area (Å²) >= 11 is 3.41. The second-order valence-electron chi connectivity index (χ2n) is 5.22. The molecule has 1 fully saturated rings. The number of ketones is 1. The molecule has 0 spiro atoms. The molecule has 0 unspecified atom stereocenters. The van der Waals surface area contributed by atoms with Crippen molar-refractivity contribution in [2.24, 2.45) is 17.6 Å². The second-order valence-corrected chi connectivity index (χ2v) is 6.14. The third kappa shape index (κ3) is 3.66. The van der Waals surface area contributed by atoms with E-state index in [9.17, 15) is 4.79 Å². The van der Waals surface area contributed by atoms with E-state index in [1.807, 2.05) is 24.3 Å². The molecule has 0 saturated heterocycles. The number of Topliss-reactive ketones (excluding diaryl/α,β-unsaturated/α-hetero) is 1. The van der Waals surface area contributed by atoms with Crippen LogP contribution >= 0.6 is 15.9 Å². The zero-order valence-corrected chi connectivity index (χ0v) is 12.2. The van der Waals surface area contributed by atoms with Gasteiger partial charge < -0.3 is 5.73 Å². The van der Waals surface area contributed by atoms with Gasteiger partial charge in [-0.1, -0.05) is 28.1 Å². The first-order valence-electron chi connectivity index (χ1n) is 6.66. The summed E-state index contributed by atoms with van der Waals surface area (Å²) in [5, 5.41) is 0. The molecule has 0 aromatic heterocycles. The summed E-state index contributed by atoms with van der Waals surface area (Å²) in [5.41, 5.74) is 6.79. The van der Waals surface area contributed by atoms with Crippen molar-refractivity contribution in [2.45, 2.75) is 32.1 Å². The van der Waals surface area contributed by atoms with E-state index < -0.39 is 0 Å². The summed E-state index contributed by atoms with van der Waals surface area (Å²) < 4.78 is 1.06. The molecule has 1 aromatic carbocycles. The van der Waals surface area contributed by atoms with Gasteiger partial charge in [-0.05, 0) is 55.8 Å². The number of rotatable bonds is 4. The molecule has 2 nitrogen and oxygen atoms in total. The van der Waals surface area contributed by atoms with Crippen LogP contribution in [0.3, 0.4) is 0 Å². The van der Waals surface area contributed by atoms with Crippen LogP contribution in [0.4, 0.5) is 0 Å². The summed E-state index contributed by atoms with van der Waals surface area (Å²) in [6, 6.07) is 8.03. The van der Waals surface area contributed by atoms with E-state index in [0.717, 1.165) is 42.3 Å². The van der Waals surface area contributed by atoms with E-state index in [1.165, 1.54) is 0 Å². The maximum atomic E-state index is 12.2. The minimum atomic E-state index is 0.261. The van der Waals surface area contributed by atoms with E-state index in [0.29, 0.717) is 18.1 Å². The minimum absolute atomic E-state index is 0.261. The third-order valence-corrected chi connectivity index (χ3v) is 4.46. The number of carbonyl (C=O) groups excluding carboxylic acids is 1. The fraction of sp³-hybridized carbons (Fsp3) is 0.533. The van der Waals surface area contributed by atoms with Crippen molar-refractivity contribution in [3.05, 3.63) is 34.3 Å². The predicted octanol–water partition coefficient (Wildman–Crippen LogP) is 3.33. The molecule has 98 valence electrons. The van der Waals surface area contributed by atoms with Gasteiger partial charge in [0.15, 0.2) is 0 Å². The molecule has 0 amide bonds. The van der Waals surface area contributed by atoms with Crippen LogP contribution in [0.2, 0.25) is 0 Å². The topological polar surface area (TPSA) is 43.1 Å². The minimum Gasteiger partial charge on any atom is -0.330 e. The number of hydrogen-bond acceptors (Lipinski definition) is 2. The highest BCUT2D eigenvalue weighted by Crippen LogP contribution is 2.29. The van der Waals surface area contributed by atoms with Crippen LogP contribution in [0.25, 0.3) is 0 Å². The largest absolute Gasteiger partial charge is 0.330 e. The molecule has 3 heteroatoms. The van der Waals surface area contributed by atoms with Crippen LogP contribution in [-0.4, -0.2) is 12.3 Å². The Bertz CT molecular complexity index is 393. The van der Waals surface area contributed by atoms with E-state index in [1.54, 1.807) is 0 Å². The highest BCUT2D eigenvalue weighted by Gasteiger charge is 2.25. The summed E-state index contributed by atoms with van der Waals surface area (Å²) in [4.78, 5) is 12.2. The Morgan fingerprint density at radius 3 is 2.33 bits per heavy atom. The lowest BCUT2D eigenvalue weighted by Gasteiger charge is -2.26. The molecule has 0 atom stereocenters. The van der Waals surface area contributed by atoms with Gasteiger partial charge in [0.05, 0.1) is 0 Å². The molecule has 2 N–H and O–H groups in total. The first-order valence-corrected chi connectivity index (χ1v) is 7.45. The van der Waals surface area contributed by atoms with Crippen LogP contribution in [-0.2, 0) is 11.2 Å². The fourth-order valence-corrected chi connectivity index (χ4v) is 2.93. The van der Waals surface area contributed by atoms with Crippen LogP contribution < -0.4 is 5.73 Å². The second kappa shape index (κ2) is 6.48. The molecule has 0 heterocycles. The van der Waals surface area contributed by atoms with E-state index in [2.05, 4.69) is 15.9 Å². The van der Waals surface area contributed by atoms with Crippen molar-refractivity contribution in [2.75, 3.05) is 6.54 Å². The van der Waals surface area contributed by atoms with Gasteiger partial charge in [0.1, 0.15) is 5.78 Å². The molecule has 18 heavy (non-hydrogen) atoms. The number of halogens is 1. The molecular weight excluding hydrogens is 290 g/mol. The Balaban J connectivity index is 1.87. The summed E-state index contributed by atoms with van der Waals surface area (Å²) in [6.07, 6.45) is 4.86. The molecule has 0 aliphatic heterocycles. The van der Waals surface area contributed by atoms with E-state index >= 15 is 0 Å². The Morgan fingerprint density at radius 1 is 1.17 bits per heavy atom. The Kier molecular flexibility index (Phi) is 4.95. The van der Waals surface area contributed by atoms with Gasteiger partial charge >= 0.3 is 0 Å². The molecular formula is C15H20BrNO. The van der Waals surface area contributed by atoms with Gasteiger partial charge in [-0.3, -0.25) is 4.79 Å². The molecule has 1 aliphatic rings. The first kappa shape index (κ1) is 13.8. The van der Waals surface area contributed by atoms with Crippen LogP contribution in [0.5, 0.6) is 0 Å². The predicted molar refractivity (Wildman–Crippen MR) is 77.4 cm³/mol. The lowest BCUT2D eigenvalue weighted by Crippen LogP contribution is -2.26. The normalized spacial score (nSPS) is 23.9. The molecule has 0 bridgehead atoms.